The van der Waals surface area contributed by atoms with Crippen molar-refractivity contribution < 1.29 is 14.3 Å². The molecule has 3 N–H and O–H groups in total. The standard InChI is InChI=1S/C20H22BrN3O3S/c1-20(2,3)18(26)22-13-6-5-7-14(11-13)23-19(28)24-17(25)12-8-9-16(27-4)15(21)10-12/h5-11H,1-4H3,(H,22,26)(H2,23,24,25,28). The van der Waals surface area contributed by atoms with Crippen molar-refractivity contribution in [1.82, 2.24) is 5.32 Å². The van der Waals surface area contributed by atoms with Crippen LogP contribution in [0.5, 0.6) is 5.75 Å². The molecule has 0 aromatic heterocycles. The van der Waals surface area contributed by atoms with Crippen LogP contribution in [0.25, 0.3) is 0 Å². The molecule has 0 aliphatic heterocycles. The van der Waals surface area contributed by atoms with E-state index in [9.17, 15) is 9.59 Å². The van der Waals surface area contributed by atoms with Crippen LogP contribution < -0.4 is 20.7 Å². The fraction of sp³-hybridized carbons (Fsp3) is 0.250. The number of hydrogen-bond acceptors (Lipinski definition) is 4. The van der Waals surface area contributed by atoms with Crippen molar-refractivity contribution >= 4 is 56.4 Å². The molecule has 2 aromatic carbocycles. The first-order chi connectivity index (χ1) is 13.1. The maximum absolute atomic E-state index is 12.4. The van der Waals surface area contributed by atoms with Gasteiger partial charge in [0.25, 0.3) is 5.91 Å². The van der Waals surface area contributed by atoms with Crippen LogP contribution in [-0.4, -0.2) is 24.0 Å². The number of hydrogen-bond donors (Lipinski definition) is 3. The zero-order valence-electron chi connectivity index (χ0n) is 16.1. The lowest BCUT2D eigenvalue weighted by Gasteiger charge is -2.18. The summed E-state index contributed by atoms with van der Waals surface area (Å²) in [4.78, 5) is 24.5. The Bertz CT molecular complexity index is 910. The lowest BCUT2D eigenvalue weighted by atomic mass is 9.95. The minimum atomic E-state index is -0.501. The molecule has 0 heterocycles. The van der Waals surface area contributed by atoms with Gasteiger partial charge >= 0.3 is 0 Å². The van der Waals surface area contributed by atoms with E-state index in [1.165, 1.54) is 0 Å². The number of rotatable bonds is 4. The number of amides is 2. The maximum atomic E-state index is 12.4. The highest BCUT2D eigenvalue weighted by Crippen LogP contribution is 2.25. The van der Waals surface area contributed by atoms with Gasteiger partial charge in [-0.3, -0.25) is 14.9 Å². The van der Waals surface area contributed by atoms with Gasteiger partial charge in [-0.2, -0.15) is 0 Å². The lowest BCUT2D eigenvalue weighted by Crippen LogP contribution is -2.34. The van der Waals surface area contributed by atoms with Crippen LogP contribution in [0.2, 0.25) is 0 Å². The zero-order valence-corrected chi connectivity index (χ0v) is 18.5. The first-order valence-corrected chi connectivity index (χ1v) is 9.67. The van der Waals surface area contributed by atoms with Gasteiger partial charge in [0.1, 0.15) is 5.75 Å². The zero-order chi connectivity index (χ0) is 20.9. The van der Waals surface area contributed by atoms with Crippen LogP contribution in [0, 0.1) is 5.41 Å². The predicted molar refractivity (Wildman–Crippen MR) is 119 cm³/mol. The largest absolute Gasteiger partial charge is 0.496 e. The molecule has 0 fully saturated rings. The summed E-state index contributed by atoms with van der Waals surface area (Å²) >= 11 is 8.57. The first-order valence-electron chi connectivity index (χ1n) is 8.47. The van der Waals surface area contributed by atoms with Crippen molar-refractivity contribution in [2.75, 3.05) is 17.7 Å². The molecule has 2 rings (SSSR count). The predicted octanol–water partition coefficient (Wildman–Crippen LogP) is 4.57. The summed E-state index contributed by atoms with van der Waals surface area (Å²) in [5.74, 6) is 0.190. The van der Waals surface area contributed by atoms with Crippen molar-refractivity contribution in [2.45, 2.75) is 20.8 Å². The van der Waals surface area contributed by atoms with Gasteiger partial charge in [-0.15, -0.1) is 0 Å². The highest BCUT2D eigenvalue weighted by molar-refractivity contribution is 9.10. The highest BCUT2D eigenvalue weighted by Gasteiger charge is 2.21. The number of nitrogens with one attached hydrogen (secondary N) is 3. The van der Waals surface area contributed by atoms with E-state index in [0.29, 0.717) is 27.2 Å². The quantitative estimate of drug-likeness (QED) is 0.578. The van der Waals surface area contributed by atoms with Gasteiger partial charge in [0.05, 0.1) is 11.6 Å². The Balaban J connectivity index is 2.01. The van der Waals surface area contributed by atoms with Crippen molar-refractivity contribution in [3.8, 4) is 5.75 Å². The van der Waals surface area contributed by atoms with E-state index in [1.54, 1.807) is 49.6 Å². The molecule has 0 aliphatic carbocycles. The minimum Gasteiger partial charge on any atom is -0.496 e. The van der Waals surface area contributed by atoms with E-state index in [-0.39, 0.29) is 16.9 Å². The van der Waals surface area contributed by atoms with Crippen LogP contribution in [-0.2, 0) is 4.79 Å². The number of thiocarbonyl (C=S) groups is 1. The molecule has 148 valence electrons. The monoisotopic (exact) mass is 463 g/mol. The van der Waals surface area contributed by atoms with E-state index in [1.807, 2.05) is 20.8 Å². The van der Waals surface area contributed by atoms with Crippen LogP contribution in [0.1, 0.15) is 31.1 Å². The topological polar surface area (TPSA) is 79.5 Å². The van der Waals surface area contributed by atoms with Gasteiger partial charge in [-0.1, -0.05) is 26.8 Å². The molecule has 2 amide bonds. The number of ether oxygens (including phenoxy) is 1. The third-order valence-electron chi connectivity index (χ3n) is 3.70. The van der Waals surface area contributed by atoms with Crippen molar-refractivity contribution in [1.29, 1.82) is 0 Å². The van der Waals surface area contributed by atoms with Crippen molar-refractivity contribution in [3.05, 3.63) is 52.5 Å². The second-order valence-corrected chi connectivity index (χ2v) is 8.31. The molecule has 0 saturated carbocycles. The smallest absolute Gasteiger partial charge is 0.257 e. The molecule has 0 atom stereocenters. The first kappa shape index (κ1) is 21.8. The van der Waals surface area contributed by atoms with E-state index < -0.39 is 5.41 Å². The average molecular weight is 464 g/mol. The number of carbonyl (C=O) groups is 2. The lowest BCUT2D eigenvalue weighted by molar-refractivity contribution is -0.123. The molecule has 0 saturated heterocycles. The number of halogens is 1. The molecule has 2 aromatic rings. The fourth-order valence-corrected chi connectivity index (χ4v) is 2.89. The highest BCUT2D eigenvalue weighted by atomic mass is 79.9. The molecule has 28 heavy (non-hydrogen) atoms. The third-order valence-corrected chi connectivity index (χ3v) is 4.52. The summed E-state index contributed by atoms with van der Waals surface area (Å²) in [6.45, 7) is 5.52. The third kappa shape index (κ3) is 6.03. The van der Waals surface area contributed by atoms with Crippen LogP contribution >= 0.6 is 28.1 Å². The van der Waals surface area contributed by atoms with Gasteiger partial charge in [0.15, 0.2) is 5.11 Å². The number of benzene rings is 2. The second kappa shape index (κ2) is 9.16. The Morgan fingerprint density at radius 3 is 2.25 bits per heavy atom. The molecular formula is C20H22BrN3O3S. The normalized spacial score (nSPS) is 10.8. The Hall–Kier alpha value is -2.45. The minimum absolute atomic E-state index is 0.0920. The molecule has 0 unspecified atom stereocenters. The Labute approximate surface area is 178 Å². The second-order valence-electron chi connectivity index (χ2n) is 7.04. The summed E-state index contributed by atoms with van der Waals surface area (Å²) in [5.41, 5.74) is 1.22. The molecular weight excluding hydrogens is 442 g/mol. The number of methoxy groups -OCH3 is 1. The Morgan fingerprint density at radius 2 is 1.68 bits per heavy atom. The van der Waals surface area contributed by atoms with Crippen molar-refractivity contribution in [3.63, 3.8) is 0 Å². The molecule has 6 nitrogen and oxygen atoms in total. The number of anilines is 2. The number of carbonyl (C=O) groups excluding carboxylic acids is 2. The summed E-state index contributed by atoms with van der Waals surface area (Å²) in [5, 5.41) is 8.57. The van der Waals surface area contributed by atoms with E-state index in [2.05, 4.69) is 31.9 Å². The van der Waals surface area contributed by atoms with Gasteiger partial charge in [0, 0.05) is 22.4 Å². The van der Waals surface area contributed by atoms with E-state index in [0.717, 1.165) is 0 Å². The molecule has 0 radical (unpaired) electrons. The molecule has 8 heteroatoms. The van der Waals surface area contributed by atoms with Crippen LogP contribution in [0.15, 0.2) is 46.9 Å². The molecule has 0 bridgehead atoms. The van der Waals surface area contributed by atoms with Crippen molar-refractivity contribution in [2.24, 2.45) is 5.41 Å². The average Bonchev–Trinajstić information content (AvgIpc) is 2.60. The van der Waals surface area contributed by atoms with E-state index >= 15 is 0 Å². The Morgan fingerprint density at radius 1 is 1.04 bits per heavy atom. The summed E-state index contributed by atoms with van der Waals surface area (Å²) in [7, 11) is 1.55. The molecule has 0 aliphatic rings. The maximum Gasteiger partial charge on any atom is 0.257 e. The van der Waals surface area contributed by atoms with Gasteiger partial charge in [0.2, 0.25) is 5.91 Å². The fourth-order valence-electron chi connectivity index (χ4n) is 2.14. The molecule has 0 spiro atoms. The SMILES string of the molecule is COc1ccc(C(=O)NC(=S)Nc2cccc(NC(=O)C(C)(C)C)c2)cc1Br. The van der Waals surface area contributed by atoms with E-state index in [4.69, 9.17) is 17.0 Å². The Kier molecular flexibility index (Phi) is 7.15. The summed E-state index contributed by atoms with van der Waals surface area (Å²) < 4.78 is 5.82. The van der Waals surface area contributed by atoms with Gasteiger partial charge in [-0.05, 0) is 64.5 Å². The van der Waals surface area contributed by atoms with Gasteiger partial charge < -0.3 is 15.4 Å². The summed E-state index contributed by atoms with van der Waals surface area (Å²) in [6, 6.07) is 12.1. The van der Waals surface area contributed by atoms with Crippen LogP contribution in [0.4, 0.5) is 11.4 Å². The van der Waals surface area contributed by atoms with Crippen LogP contribution in [0.3, 0.4) is 0 Å². The van der Waals surface area contributed by atoms with Gasteiger partial charge in [-0.25, -0.2) is 0 Å². The summed E-state index contributed by atoms with van der Waals surface area (Å²) in [6.07, 6.45) is 0.